The average molecular weight is 317 g/mol. The number of aryl methyl sites for hydroxylation is 1. The molecule has 0 spiro atoms. The van der Waals surface area contributed by atoms with Crippen LogP contribution in [0.25, 0.3) is 0 Å². The predicted molar refractivity (Wildman–Crippen MR) is 93.9 cm³/mol. The Morgan fingerprint density at radius 1 is 0.957 bits per heavy atom. The third-order valence-electron chi connectivity index (χ3n) is 5.50. The molecule has 3 atom stereocenters. The van der Waals surface area contributed by atoms with Crippen LogP contribution in [-0.4, -0.2) is 41.3 Å². The van der Waals surface area contributed by atoms with Gasteiger partial charge in [-0.3, -0.25) is 4.90 Å². The summed E-state index contributed by atoms with van der Waals surface area (Å²) in [6.07, 6.45) is 9.36. The summed E-state index contributed by atoms with van der Waals surface area (Å²) in [6, 6.07) is 8.40. The topological polar surface area (TPSA) is 32.7 Å². The van der Waals surface area contributed by atoms with Crippen molar-refractivity contribution >= 4 is 0 Å². The number of hydrogen-bond donors (Lipinski definition) is 1. The van der Waals surface area contributed by atoms with Crippen LogP contribution in [0.5, 0.6) is 5.75 Å². The van der Waals surface area contributed by atoms with Crippen molar-refractivity contribution in [1.82, 2.24) is 4.90 Å². The molecular weight excluding hydrogens is 286 g/mol. The normalized spacial score (nSPS) is 30.4. The summed E-state index contributed by atoms with van der Waals surface area (Å²) in [4.78, 5) is 2.54. The second-order valence-corrected chi connectivity index (χ2v) is 7.21. The molecule has 1 saturated carbocycles. The van der Waals surface area contributed by atoms with Crippen LogP contribution in [0.1, 0.15) is 56.9 Å². The second kappa shape index (κ2) is 8.16. The fraction of sp³-hybridized carbons (Fsp3) is 0.700. The lowest BCUT2D eigenvalue weighted by atomic mass is 9.88. The lowest BCUT2D eigenvalue weighted by molar-refractivity contribution is -0.0552. The predicted octanol–water partition coefficient (Wildman–Crippen LogP) is 3.92. The van der Waals surface area contributed by atoms with E-state index in [9.17, 15) is 5.11 Å². The van der Waals surface area contributed by atoms with Crippen molar-refractivity contribution in [3.63, 3.8) is 0 Å². The third kappa shape index (κ3) is 4.27. The Morgan fingerprint density at radius 3 is 2.39 bits per heavy atom. The number of benzene rings is 1. The second-order valence-electron chi connectivity index (χ2n) is 7.21. The lowest BCUT2D eigenvalue weighted by Crippen LogP contribution is -2.53. The number of para-hydroxylation sites is 1. The van der Waals surface area contributed by atoms with Gasteiger partial charge in [-0.2, -0.15) is 0 Å². The van der Waals surface area contributed by atoms with Gasteiger partial charge in [-0.25, -0.2) is 0 Å². The quantitative estimate of drug-likeness (QED) is 0.917. The van der Waals surface area contributed by atoms with Crippen molar-refractivity contribution < 1.29 is 9.84 Å². The number of likely N-dealkylation sites (tertiary alicyclic amines) is 1. The van der Waals surface area contributed by atoms with Gasteiger partial charge in [0.15, 0.2) is 0 Å². The molecule has 0 amide bonds. The molecule has 1 aromatic rings. The van der Waals surface area contributed by atoms with Crippen molar-refractivity contribution in [3.8, 4) is 5.75 Å². The molecule has 23 heavy (non-hydrogen) atoms. The van der Waals surface area contributed by atoms with Gasteiger partial charge >= 0.3 is 0 Å². The Labute approximate surface area is 140 Å². The smallest absolute Gasteiger partial charge is 0.126 e. The Hall–Kier alpha value is -1.06. The fourth-order valence-corrected chi connectivity index (χ4v) is 4.10. The van der Waals surface area contributed by atoms with Crippen LogP contribution in [0.15, 0.2) is 24.3 Å². The largest absolute Gasteiger partial charge is 0.487 e. The highest BCUT2D eigenvalue weighted by atomic mass is 16.5. The van der Waals surface area contributed by atoms with E-state index < -0.39 is 0 Å². The van der Waals surface area contributed by atoms with E-state index in [0.29, 0.717) is 0 Å². The van der Waals surface area contributed by atoms with Crippen LogP contribution in [0.2, 0.25) is 0 Å². The summed E-state index contributed by atoms with van der Waals surface area (Å²) >= 11 is 0. The van der Waals surface area contributed by atoms with Crippen LogP contribution >= 0.6 is 0 Å². The number of aliphatic hydroxyl groups excluding tert-OH is 1. The van der Waals surface area contributed by atoms with E-state index in [0.717, 1.165) is 43.7 Å². The van der Waals surface area contributed by atoms with Crippen LogP contribution in [-0.2, 0) is 0 Å². The number of hydrogen-bond acceptors (Lipinski definition) is 3. The van der Waals surface area contributed by atoms with Gasteiger partial charge in [0.2, 0.25) is 0 Å². The van der Waals surface area contributed by atoms with E-state index in [1.165, 1.54) is 32.1 Å². The summed E-state index contributed by atoms with van der Waals surface area (Å²) in [6.45, 7) is 4.35. The van der Waals surface area contributed by atoms with Crippen molar-refractivity contribution in [2.75, 3.05) is 13.1 Å². The van der Waals surface area contributed by atoms with Gasteiger partial charge in [-0.05, 0) is 63.7 Å². The van der Waals surface area contributed by atoms with Crippen molar-refractivity contribution in [1.29, 1.82) is 0 Å². The average Bonchev–Trinajstić information content (AvgIpc) is 2.52. The van der Waals surface area contributed by atoms with Crippen molar-refractivity contribution in [2.45, 2.75) is 76.5 Å². The molecule has 2 fully saturated rings. The first-order valence-electron chi connectivity index (χ1n) is 9.40. The van der Waals surface area contributed by atoms with Crippen LogP contribution in [0.4, 0.5) is 0 Å². The minimum Gasteiger partial charge on any atom is -0.487 e. The SMILES string of the molecule is Cc1ccccc1O[C@@H]1CCC[C@H](N2CCCCCCC2)[C@H]1O. The summed E-state index contributed by atoms with van der Waals surface area (Å²) in [5.74, 6) is 0.921. The summed E-state index contributed by atoms with van der Waals surface area (Å²) in [7, 11) is 0. The zero-order valence-electron chi connectivity index (χ0n) is 14.4. The maximum atomic E-state index is 10.9. The maximum absolute atomic E-state index is 10.9. The Balaban J connectivity index is 1.65. The molecule has 0 radical (unpaired) electrons. The molecule has 3 rings (SSSR count). The number of nitrogens with zero attached hydrogens (tertiary/aromatic N) is 1. The van der Waals surface area contributed by atoms with E-state index in [-0.39, 0.29) is 18.2 Å². The summed E-state index contributed by atoms with van der Waals surface area (Å²) < 4.78 is 6.20. The van der Waals surface area contributed by atoms with Crippen molar-refractivity contribution in [3.05, 3.63) is 29.8 Å². The summed E-state index contributed by atoms with van der Waals surface area (Å²) in [5.41, 5.74) is 1.15. The van der Waals surface area contributed by atoms with E-state index in [1.807, 2.05) is 18.2 Å². The third-order valence-corrected chi connectivity index (χ3v) is 5.50. The molecule has 3 nitrogen and oxygen atoms in total. The molecule has 1 saturated heterocycles. The van der Waals surface area contributed by atoms with E-state index in [2.05, 4.69) is 17.9 Å². The maximum Gasteiger partial charge on any atom is 0.126 e. The van der Waals surface area contributed by atoms with Gasteiger partial charge in [0.1, 0.15) is 18.0 Å². The lowest BCUT2D eigenvalue weighted by Gasteiger charge is -2.42. The van der Waals surface area contributed by atoms with Gasteiger partial charge in [-0.1, -0.05) is 37.5 Å². The molecule has 1 aliphatic heterocycles. The highest BCUT2D eigenvalue weighted by Gasteiger charge is 2.36. The minimum atomic E-state index is -0.372. The van der Waals surface area contributed by atoms with Crippen LogP contribution in [0.3, 0.4) is 0 Å². The molecule has 1 heterocycles. The van der Waals surface area contributed by atoms with E-state index >= 15 is 0 Å². The fourth-order valence-electron chi connectivity index (χ4n) is 4.10. The number of ether oxygens (including phenoxy) is 1. The molecule has 3 heteroatoms. The molecule has 0 bridgehead atoms. The minimum absolute atomic E-state index is 0.0692. The van der Waals surface area contributed by atoms with E-state index in [4.69, 9.17) is 4.74 Å². The molecule has 2 aliphatic rings. The van der Waals surface area contributed by atoms with Gasteiger partial charge in [-0.15, -0.1) is 0 Å². The monoisotopic (exact) mass is 317 g/mol. The highest BCUT2D eigenvalue weighted by Crippen LogP contribution is 2.29. The van der Waals surface area contributed by atoms with Crippen LogP contribution < -0.4 is 4.74 Å². The molecule has 0 unspecified atom stereocenters. The zero-order chi connectivity index (χ0) is 16.1. The zero-order valence-corrected chi connectivity index (χ0v) is 14.4. The van der Waals surface area contributed by atoms with Gasteiger partial charge < -0.3 is 9.84 Å². The van der Waals surface area contributed by atoms with Crippen molar-refractivity contribution in [2.24, 2.45) is 0 Å². The molecular formula is C20H31NO2. The first-order chi connectivity index (χ1) is 11.3. The Morgan fingerprint density at radius 2 is 1.65 bits per heavy atom. The first-order valence-corrected chi connectivity index (χ1v) is 9.40. The Kier molecular flexibility index (Phi) is 5.96. The van der Waals surface area contributed by atoms with E-state index in [1.54, 1.807) is 0 Å². The first kappa shape index (κ1) is 16.8. The molecule has 1 aromatic carbocycles. The van der Waals surface area contributed by atoms with Gasteiger partial charge in [0.25, 0.3) is 0 Å². The van der Waals surface area contributed by atoms with Gasteiger partial charge in [0.05, 0.1) is 0 Å². The molecule has 1 N–H and O–H groups in total. The standard InChI is InChI=1S/C20H31NO2/c1-16-10-5-6-12-18(16)23-19-13-9-11-17(20(19)22)21-14-7-3-2-4-8-15-21/h5-6,10,12,17,19-20,22H,2-4,7-9,11,13-15H2,1H3/t17-,19+,20+/m0/s1. The summed E-state index contributed by atoms with van der Waals surface area (Å²) in [5, 5.41) is 10.9. The Bertz CT molecular complexity index is 482. The van der Waals surface area contributed by atoms with Crippen LogP contribution in [0, 0.1) is 6.92 Å². The highest BCUT2D eigenvalue weighted by molar-refractivity contribution is 5.32. The molecule has 128 valence electrons. The number of rotatable bonds is 3. The molecule has 0 aromatic heterocycles. The molecule has 1 aliphatic carbocycles. The van der Waals surface area contributed by atoms with Gasteiger partial charge in [0, 0.05) is 6.04 Å². The number of aliphatic hydroxyl groups is 1.